The Balaban J connectivity index is 1.67. The van der Waals surface area contributed by atoms with Gasteiger partial charge in [0.1, 0.15) is 0 Å². The molecule has 2 nitrogen and oxygen atoms in total. The second kappa shape index (κ2) is 8.30. The number of rotatable bonds is 6. The van der Waals surface area contributed by atoms with Crippen molar-refractivity contribution in [1.29, 1.82) is 0 Å². The second-order valence-corrected chi connectivity index (χ2v) is 13.5. The van der Waals surface area contributed by atoms with Crippen molar-refractivity contribution in [3.63, 3.8) is 0 Å². The summed E-state index contributed by atoms with van der Waals surface area (Å²) in [6.45, 7) is 4.50. The van der Waals surface area contributed by atoms with Crippen molar-refractivity contribution in [2.75, 3.05) is 13.2 Å². The first-order valence-electron chi connectivity index (χ1n) is 9.94. The average Bonchev–Trinajstić information content (AvgIpc) is 2.61. The molecule has 0 spiro atoms. The number of benzene rings is 1. The molecule has 3 unspecified atom stereocenters. The summed E-state index contributed by atoms with van der Waals surface area (Å²) in [6, 6.07) is 12.3. The third-order valence-electron chi connectivity index (χ3n) is 6.21. The van der Waals surface area contributed by atoms with Gasteiger partial charge in [-0.2, -0.15) is 0 Å². The lowest BCUT2D eigenvalue weighted by molar-refractivity contribution is -0.0945. The maximum atomic E-state index is 6.59. The molecule has 0 radical (unpaired) electrons. The zero-order valence-corrected chi connectivity index (χ0v) is 18.7. The molecule has 0 saturated carbocycles. The normalized spacial score (nSPS) is 32.5. The highest BCUT2D eigenvalue weighted by Gasteiger charge is 2.45. The van der Waals surface area contributed by atoms with Crippen LogP contribution in [0.25, 0.3) is 0 Å². The molecule has 0 aromatic heterocycles. The molecule has 2 heterocycles. The van der Waals surface area contributed by atoms with E-state index in [1.165, 1.54) is 63.0 Å². The highest BCUT2D eigenvalue weighted by molar-refractivity contribution is 6.60. The van der Waals surface area contributed by atoms with Gasteiger partial charge in [0.05, 0.1) is 19.2 Å². The van der Waals surface area contributed by atoms with Crippen LogP contribution < -0.4 is 0 Å². The van der Waals surface area contributed by atoms with Crippen LogP contribution in [0.3, 0.4) is 0 Å². The Morgan fingerprint density at radius 1 is 1.00 bits per heavy atom. The van der Waals surface area contributed by atoms with Gasteiger partial charge in [0, 0.05) is 23.5 Å². The Morgan fingerprint density at radius 3 is 2.33 bits per heavy atom. The third kappa shape index (κ3) is 4.60. The minimum Gasteiger partial charge on any atom is -0.379 e. The fraction of sp³-hybridized carbons (Fsp3) is 0.700. The van der Waals surface area contributed by atoms with Gasteiger partial charge in [-0.1, -0.05) is 42.9 Å². The molecule has 3 rings (SSSR count). The largest absolute Gasteiger partial charge is 0.379 e. The van der Waals surface area contributed by atoms with E-state index in [4.69, 9.17) is 9.47 Å². The average molecular weight is 363 g/mol. The van der Waals surface area contributed by atoms with Gasteiger partial charge in [-0.15, -0.1) is 0 Å². The summed E-state index contributed by atoms with van der Waals surface area (Å²) in [7, 11) is 0.159. The van der Waals surface area contributed by atoms with Crippen LogP contribution in [0.2, 0.25) is 12.6 Å². The Morgan fingerprint density at radius 2 is 1.71 bits per heavy atom. The molecular formula is C20H34O2Si2. The summed E-state index contributed by atoms with van der Waals surface area (Å²) in [5.74, 6) is 0. The van der Waals surface area contributed by atoms with Crippen LogP contribution >= 0.6 is 0 Å². The second-order valence-electron chi connectivity index (χ2n) is 8.23. The van der Waals surface area contributed by atoms with E-state index in [9.17, 15) is 0 Å². The molecule has 0 N–H and O–H groups in total. The SMILES string of the molecule is C[SiH](CCc1ccccc1)C1(CC2([SiH3])CCCCO2)CCCCO1. The quantitative estimate of drug-likeness (QED) is 0.724. The molecule has 134 valence electrons. The number of ether oxygens (including phenoxy) is 2. The standard InChI is InChI=1S/C20H34O2Si2/c1-24(16-11-18-9-3-2-4-10-18)20(13-6-8-15-22-20)17-19(23)12-5-7-14-21-19/h2-4,9-10,24H,5-8,11-17H2,1,23H3. The monoisotopic (exact) mass is 362 g/mol. The number of hydrogen-bond donors (Lipinski definition) is 0. The highest BCUT2D eigenvalue weighted by Crippen LogP contribution is 2.39. The van der Waals surface area contributed by atoms with Crippen LogP contribution in [0.15, 0.2) is 30.3 Å². The summed E-state index contributed by atoms with van der Waals surface area (Å²) >= 11 is 0. The van der Waals surface area contributed by atoms with Crippen molar-refractivity contribution in [2.45, 2.75) is 74.4 Å². The molecule has 2 aliphatic rings. The lowest BCUT2D eigenvalue weighted by Crippen LogP contribution is -2.55. The van der Waals surface area contributed by atoms with E-state index in [0.29, 0.717) is 0 Å². The van der Waals surface area contributed by atoms with Crippen LogP contribution in [0.1, 0.15) is 50.5 Å². The summed E-state index contributed by atoms with van der Waals surface area (Å²) in [5.41, 5.74) is 1.48. The van der Waals surface area contributed by atoms with E-state index < -0.39 is 8.80 Å². The molecule has 0 bridgehead atoms. The molecule has 24 heavy (non-hydrogen) atoms. The molecule has 1 aromatic rings. The molecule has 4 heteroatoms. The lowest BCUT2D eigenvalue weighted by Gasteiger charge is -2.48. The van der Waals surface area contributed by atoms with Gasteiger partial charge in [0.25, 0.3) is 0 Å². The zero-order chi connectivity index (χ0) is 16.9. The van der Waals surface area contributed by atoms with E-state index >= 15 is 0 Å². The van der Waals surface area contributed by atoms with Gasteiger partial charge in [-0.3, -0.25) is 0 Å². The van der Waals surface area contributed by atoms with Crippen molar-refractivity contribution in [2.24, 2.45) is 0 Å². The van der Waals surface area contributed by atoms with Crippen LogP contribution in [0.5, 0.6) is 0 Å². The fourth-order valence-corrected chi connectivity index (χ4v) is 9.37. The van der Waals surface area contributed by atoms with Crippen LogP contribution in [0, 0.1) is 0 Å². The smallest absolute Gasteiger partial charge is 0.0730 e. The molecule has 2 aliphatic heterocycles. The summed E-state index contributed by atoms with van der Waals surface area (Å²) < 4.78 is 12.9. The Labute approximate surface area is 152 Å². The maximum absolute atomic E-state index is 6.59. The summed E-state index contributed by atoms with van der Waals surface area (Å²) in [5, 5.41) is 0.371. The number of aryl methyl sites for hydroxylation is 1. The predicted octanol–water partition coefficient (Wildman–Crippen LogP) is 3.22. The minimum atomic E-state index is -0.984. The molecule has 3 atom stereocenters. The Kier molecular flexibility index (Phi) is 6.35. The van der Waals surface area contributed by atoms with E-state index in [0.717, 1.165) is 23.5 Å². The van der Waals surface area contributed by atoms with E-state index in [1.807, 2.05) is 0 Å². The highest BCUT2D eigenvalue weighted by atomic mass is 28.3. The first-order chi connectivity index (χ1) is 11.6. The number of hydrogen-bond acceptors (Lipinski definition) is 2. The summed E-state index contributed by atoms with van der Waals surface area (Å²) in [6.07, 6.45) is 10.1. The van der Waals surface area contributed by atoms with Gasteiger partial charge < -0.3 is 9.47 Å². The zero-order valence-electron chi connectivity index (χ0n) is 15.6. The molecule has 2 fully saturated rings. The van der Waals surface area contributed by atoms with Crippen molar-refractivity contribution < 1.29 is 9.47 Å². The van der Waals surface area contributed by atoms with Crippen molar-refractivity contribution in [1.82, 2.24) is 0 Å². The van der Waals surface area contributed by atoms with Crippen molar-refractivity contribution in [3.8, 4) is 0 Å². The van der Waals surface area contributed by atoms with E-state index in [1.54, 1.807) is 0 Å². The summed E-state index contributed by atoms with van der Waals surface area (Å²) in [4.78, 5) is 0. The van der Waals surface area contributed by atoms with Crippen LogP contribution in [-0.2, 0) is 15.9 Å². The van der Waals surface area contributed by atoms with Gasteiger partial charge >= 0.3 is 0 Å². The van der Waals surface area contributed by atoms with Gasteiger partial charge in [-0.05, 0) is 56.9 Å². The molecular weight excluding hydrogens is 328 g/mol. The lowest BCUT2D eigenvalue weighted by atomic mass is 9.97. The van der Waals surface area contributed by atoms with Crippen molar-refractivity contribution >= 4 is 19.0 Å². The minimum absolute atomic E-state index is 0.184. The molecule has 0 aliphatic carbocycles. The van der Waals surface area contributed by atoms with E-state index in [-0.39, 0.29) is 10.4 Å². The van der Waals surface area contributed by atoms with Crippen LogP contribution in [0.4, 0.5) is 0 Å². The van der Waals surface area contributed by atoms with E-state index in [2.05, 4.69) is 36.9 Å². The predicted molar refractivity (Wildman–Crippen MR) is 108 cm³/mol. The van der Waals surface area contributed by atoms with Gasteiger partial charge in [0.15, 0.2) is 0 Å². The maximum Gasteiger partial charge on any atom is 0.0730 e. The fourth-order valence-electron chi connectivity index (χ4n) is 4.63. The molecule has 1 aromatic carbocycles. The molecule has 0 amide bonds. The Hall–Kier alpha value is -0.426. The van der Waals surface area contributed by atoms with Crippen LogP contribution in [-0.4, -0.2) is 42.7 Å². The van der Waals surface area contributed by atoms with Gasteiger partial charge in [0.2, 0.25) is 0 Å². The van der Waals surface area contributed by atoms with Gasteiger partial charge in [-0.25, -0.2) is 0 Å². The van der Waals surface area contributed by atoms with Crippen molar-refractivity contribution in [3.05, 3.63) is 35.9 Å². The first-order valence-corrected chi connectivity index (χ1v) is 13.5. The molecule has 2 saturated heterocycles. The Bertz CT molecular complexity index is 494. The first kappa shape index (κ1) is 18.4. The third-order valence-corrected chi connectivity index (χ3v) is 11.0. The topological polar surface area (TPSA) is 18.5 Å².